The van der Waals surface area contributed by atoms with E-state index in [2.05, 4.69) is 28.5 Å². The van der Waals surface area contributed by atoms with Gasteiger partial charge in [-0.2, -0.15) is 0 Å². The lowest BCUT2D eigenvalue weighted by Gasteiger charge is -2.18. The molecule has 2 aromatic rings. The number of nitrogens with zero attached hydrogens (tertiary/aromatic N) is 2. The van der Waals surface area contributed by atoms with E-state index in [1.807, 2.05) is 49.3 Å². The molecule has 0 amide bonds. The molecule has 0 aromatic heterocycles. The predicted octanol–water partition coefficient (Wildman–Crippen LogP) is 3.34. The zero-order chi connectivity index (χ0) is 18.8. The molecule has 5 nitrogen and oxygen atoms in total. The molecule has 5 heteroatoms. The fourth-order valence-electron chi connectivity index (χ4n) is 2.63. The van der Waals surface area contributed by atoms with Gasteiger partial charge < -0.3 is 19.7 Å². The van der Waals surface area contributed by atoms with Crippen molar-refractivity contribution in [3.8, 4) is 11.5 Å². The Balaban J connectivity index is 1.84. The standard InChI is InChI=1S/C21H29N3O2/c1-24(2)21(23-16-18-9-6-5-7-10-18)22-14-8-11-17-12-13-19(25-3)20(15-17)26-4/h5-7,9-10,12-13,15H,8,11,14,16H2,1-4H3,(H,22,23). The van der Waals surface area contributed by atoms with E-state index in [4.69, 9.17) is 9.47 Å². The van der Waals surface area contributed by atoms with Gasteiger partial charge in [-0.15, -0.1) is 0 Å². The van der Waals surface area contributed by atoms with Crippen LogP contribution in [0.2, 0.25) is 0 Å². The van der Waals surface area contributed by atoms with E-state index in [-0.39, 0.29) is 0 Å². The second kappa shape index (κ2) is 10.3. The van der Waals surface area contributed by atoms with Crippen LogP contribution in [-0.2, 0) is 13.0 Å². The zero-order valence-corrected chi connectivity index (χ0v) is 16.2. The first-order valence-corrected chi connectivity index (χ1v) is 8.84. The Hall–Kier alpha value is -2.69. The van der Waals surface area contributed by atoms with E-state index in [1.165, 1.54) is 11.1 Å². The van der Waals surface area contributed by atoms with Crippen LogP contribution in [0.4, 0.5) is 0 Å². The summed E-state index contributed by atoms with van der Waals surface area (Å²) in [6.07, 6.45) is 1.97. The van der Waals surface area contributed by atoms with Gasteiger partial charge in [-0.05, 0) is 36.1 Å². The number of aliphatic imine (C=N–C) groups is 1. The second-order valence-corrected chi connectivity index (χ2v) is 6.24. The largest absolute Gasteiger partial charge is 0.493 e. The predicted molar refractivity (Wildman–Crippen MR) is 107 cm³/mol. The quantitative estimate of drug-likeness (QED) is 0.448. The average Bonchev–Trinajstić information content (AvgIpc) is 2.67. The smallest absolute Gasteiger partial charge is 0.193 e. The van der Waals surface area contributed by atoms with Gasteiger partial charge in [0, 0.05) is 20.6 Å². The molecule has 0 saturated heterocycles. The van der Waals surface area contributed by atoms with E-state index < -0.39 is 0 Å². The zero-order valence-electron chi connectivity index (χ0n) is 16.2. The number of hydrogen-bond donors (Lipinski definition) is 1. The summed E-state index contributed by atoms with van der Waals surface area (Å²) in [4.78, 5) is 6.70. The van der Waals surface area contributed by atoms with E-state index >= 15 is 0 Å². The Bertz CT molecular complexity index is 700. The van der Waals surface area contributed by atoms with Crippen molar-refractivity contribution < 1.29 is 9.47 Å². The van der Waals surface area contributed by atoms with Crippen molar-refractivity contribution in [1.82, 2.24) is 10.2 Å². The first kappa shape index (κ1) is 19.6. The summed E-state index contributed by atoms with van der Waals surface area (Å²) in [7, 11) is 7.32. The Kier molecular flexibility index (Phi) is 7.80. The van der Waals surface area contributed by atoms with Crippen molar-refractivity contribution in [3.63, 3.8) is 0 Å². The third kappa shape index (κ3) is 5.99. The highest BCUT2D eigenvalue weighted by Crippen LogP contribution is 2.27. The summed E-state index contributed by atoms with van der Waals surface area (Å²) in [5.74, 6) is 2.44. The lowest BCUT2D eigenvalue weighted by molar-refractivity contribution is 0.354. The van der Waals surface area contributed by atoms with Crippen LogP contribution < -0.4 is 14.8 Å². The van der Waals surface area contributed by atoms with Gasteiger partial charge in [-0.25, -0.2) is 4.99 Å². The lowest BCUT2D eigenvalue weighted by atomic mass is 10.1. The highest BCUT2D eigenvalue weighted by Gasteiger charge is 2.05. The first-order chi connectivity index (χ1) is 12.6. The summed E-state index contributed by atoms with van der Waals surface area (Å²) in [5, 5.41) is 3.43. The van der Waals surface area contributed by atoms with E-state index in [1.54, 1.807) is 14.2 Å². The maximum Gasteiger partial charge on any atom is 0.193 e. The molecule has 2 rings (SSSR count). The third-order valence-electron chi connectivity index (χ3n) is 4.05. The van der Waals surface area contributed by atoms with Gasteiger partial charge in [0.15, 0.2) is 17.5 Å². The van der Waals surface area contributed by atoms with E-state index in [0.29, 0.717) is 6.54 Å². The molecule has 0 spiro atoms. The molecule has 1 N–H and O–H groups in total. The maximum atomic E-state index is 5.36. The molecule has 0 fully saturated rings. The molecular weight excluding hydrogens is 326 g/mol. The molecule has 140 valence electrons. The highest BCUT2D eigenvalue weighted by molar-refractivity contribution is 5.79. The summed E-state index contributed by atoms with van der Waals surface area (Å²) >= 11 is 0. The summed E-state index contributed by atoms with van der Waals surface area (Å²) in [5.41, 5.74) is 2.44. The van der Waals surface area contributed by atoms with Gasteiger partial charge in [-0.3, -0.25) is 0 Å². The Labute approximate surface area is 156 Å². The molecule has 2 aromatic carbocycles. The molecule has 0 unspecified atom stereocenters. The Morgan fingerprint density at radius 3 is 2.35 bits per heavy atom. The number of aryl methyl sites for hydroxylation is 1. The van der Waals surface area contributed by atoms with Gasteiger partial charge in [0.05, 0.1) is 20.8 Å². The fourth-order valence-corrected chi connectivity index (χ4v) is 2.63. The van der Waals surface area contributed by atoms with Crippen molar-refractivity contribution in [3.05, 3.63) is 59.7 Å². The van der Waals surface area contributed by atoms with Crippen LogP contribution in [0.5, 0.6) is 11.5 Å². The van der Waals surface area contributed by atoms with Crippen molar-refractivity contribution in [1.29, 1.82) is 0 Å². The second-order valence-electron chi connectivity index (χ2n) is 6.24. The van der Waals surface area contributed by atoms with Gasteiger partial charge in [0.1, 0.15) is 0 Å². The fraction of sp³-hybridized carbons (Fsp3) is 0.381. The van der Waals surface area contributed by atoms with Crippen LogP contribution in [0.3, 0.4) is 0 Å². The molecule has 0 saturated carbocycles. The minimum Gasteiger partial charge on any atom is -0.493 e. The van der Waals surface area contributed by atoms with Gasteiger partial charge in [0.2, 0.25) is 0 Å². The van der Waals surface area contributed by atoms with Crippen molar-refractivity contribution in [2.45, 2.75) is 19.4 Å². The SMILES string of the molecule is COc1ccc(CCCNC(=NCc2ccccc2)N(C)C)cc1OC. The number of nitrogens with one attached hydrogen (secondary N) is 1. The molecule has 0 heterocycles. The summed E-state index contributed by atoms with van der Waals surface area (Å²) in [6, 6.07) is 16.3. The molecule has 0 radical (unpaired) electrons. The number of ether oxygens (including phenoxy) is 2. The number of benzene rings is 2. The molecule has 0 aliphatic rings. The van der Waals surface area contributed by atoms with Crippen LogP contribution in [-0.4, -0.2) is 45.7 Å². The molecule has 0 bridgehead atoms. The first-order valence-electron chi connectivity index (χ1n) is 8.84. The van der Waals surface area contributed by atoms with E-state index in [9.17, 15) is 0 Å². The summed E-state index contributed by atoms with van der Waals surface area (Å²) in [6.45, 7) is 1.54. The monoisotopic (exact) mass is 355 g/mol. The molecule has 0 aliphatic heterocycles. The average molecular weight is 355 g/mol. The minimum atomic E-state index is 0.678. The summed E-state index contributed by atoms with van der Waals surface area (Å²) < 4.78 is 10.6. The number of rotatable bonds is 8. The van der Waals surface area contributed by atoms with Gasteiger partial charge in [0.25, 0.3) is 0 Å². The third-order valence-corrected chi connectivity index (χ3v) is 4.05. The van der Waals surface area contributed by atoms with Crippen LogP contribution in [0.1, 0.15) is 17.5 Å². The van der Waals surface area contributed by atoms with Crippen LogP contribution in [0.25, 0.3) is 0 Å². The Morgan fingerprint density at radius 2 is 1.69 bits per heavy atom. The van der Waals surface area contributed by atoms with Crippen LogP contribution in [0.15, 0.2) is 53.5 Å². The van der Waals surface area contributed by atoms with Crippen molar-refractivity contribution in [2.75, 3.05) is 34.9 Å². The van der Waals surface area contributed by atoms with E-state index in [0.717, 1.165) is 36.8 Å². The maximum absolute atomic E-state index is 5.36. The molecule has 0 atom stereocenters. The number of hydrogen-bond acceptors (Lipinski definition) is 3. The van der Waals surface area contributed by atoms with Crippen LogP contribution >= 0.6 is 0 Å². The topological polar surface area (TPSA) is 46.1 Å². The van der Waals surface area contributed by atoms with Gasteiger partial charge in [-0.1, -0.05) is 36.4 Å². The van der Waals surface area contributed by atoms with Crippen molar-refractivity contribution >= 4 is 5.96 Å². The van der Waals surface area contributed by atoms with Gasteiger partial charge >= 0.3 is 0 Å². The molecule has 0 aliphatic carbocycles. The minimum absolute atomic E-state index is 0.678. The number of methoxy groups -OCH3 is 2. The lowest BCUT2D eigenvalue weighted by Crippen LogP contribution is -2.37. The Morgan fingerprint density at radius 1 is 0.962 bits per heavy atom. The molecular formula is C21H29N3O2. The highest BCUT2D eigenvalue weighted by atomic mass is 16.5. The normalized spacial score (nSPS) is 11.2. The number of guanidine groups is 1. The molecule has 26 heavy (non-hydrogen) atoms. The van der Waals surface area contributed by atoms with Crippen molar-refractivity contribution in [2.24, 2.45) is 4.99 Å². The van der Waals surface area contributed by atoms with Crippen LogP contribution in [0, 0.1) is 0 Å².